The molecule has 1 N–H and O–H groups in total. The Morgan fingerprint density at radius 2 is 1.72 bits per heavy atom. The first kappa shape index (κ1) is 22.1. The highest BCUT2D eigenvalue weighted by molar-refractivity contribution is 5.95. The van der Waals surface area contributed by atoms with Gasteiger partial charge in [-0.05, 0) is 30.0 Å². The highest BCUT2D eigenvalue weighted by Gasteiger charge is 2.17. The van der Waals surface area contributed by atoms with Gasteiger partial charge in [-0.2, -0.15) is 5.10 Å². The summed E-state index contributed by atoms with van der Waals surface area (Å²) < 4.78 is 0. The molecule has 0 saturated heterocycles. The number of nitrogens with zero attached hydrogens (tertiary/aromatic N) is 3. The molecule has 0 saturated carbocycles. The fourth-order valence-electron chi connectivity index (χ4n) is 3.01. The summed E-state index contributed by atoms with van der Waals surface area (Å²) in [4.78, 5) is 25.2. The van der Waals surface area contributed by atoms with Crippen molar-refractivity contribution in [3.8, 4) is 0 Å². The number of rotatable bonds is 9. The molecule has 0 unspecified atom stereocenters. The first-order valence-electron chi connectivity index (χ1n) is 9.69. The number of nitro groups is 1. The maximum atomic E-state index is 12.2. The molecule has 29 heavy (non-hydrogen) atoms. The molecule has 7 nitrogen and oxygen atoms in total. The molecule has 0 fully saturated rings. The maximum Gasteiger partial charge on any atom is 0.271 e. The zero-order valence-electron chi connectivity index (χ0n) is 17.3. The van der Waals surface area contributed by atoms with Crippen LogP contribution in [-0.2, 0) is 0 Å². The Balaban J connectivity index is 2.32. The van der Waals surface area contributed by atoms with Gasteiger partial charge in [-0.3, -0.25) is 14.9 Å². The predicted molar refractivity (Wildman–Crippen MR) is 116 cm³/mol. The summed E-state index contributed by atoms with van der Waals surface area (Å²) in [6, 6.07) is 13.5. The summed E-state index contributed by atoms with van der Waals surface area (Å²) in [7, 11) is 0. The highest BCUT2D eigenvalue weighted by Crippen LogP contribution is 2.26. The standard InChI is InChI=1S/C22H28N4O3/c1-16(2)14-25(15-17(3)4)21-11-10-20(26(28)29)12-19(21)13-23-24-22(27)18-8-6-5-7-9-18/h5-13,16-17H,14-15H2,1-4H3,(H,24,27). The molecule has 0 heterocycles. The molecule has 2 rings (SSSR count). The molecule has 7 heteroatoms. The normalized spacial score (nSPS) is 11.2. The van der Waals surface area contributed by atoms with E-state index in [9.17, 15) is 14.9 Å². The van der Waals surface area contributed by atoms with E-state index in [1.54, 1.807) is 30.3 Å². The lowest BCUT2D eigenvalue weighted by molar-refractivity contribution is -0.384. The minimum Gasteiger partial charge on any atom is -0.370 e. The molecule has 2 aromatic rings. The van der Waals surface area contributed by atoms with Crippen LogP contribution in [0.15, 0.2) is 53.6 Å². The van der Waals surface area contributed by atoms with Crippen LogP contribution in [0.2, 0.25) is 0 Å². The minimum absolute atomic E-state index is 0.0152. The minimum atomic E-state index is -0.432. The van der Waals surface area contributed by atoms with Crippen LogP contribution in [0.3, 0.4) is 0 Å². The molecule has 0 atom stereocenters. The molecule has 0 aliphatic carbocycles. The monoisotopic (exact) mass is 396 g/mol. The van der Waals surface area contributed by atoms with E-state index in [1.165, 1.54) is 18.3 Å². The van der Waals surface area contributed by atoms with Gasteiger partial charge in [0.2, 0.25) is 0 Å². The number of nitrogens with one attached hydrogen (secondary N) is 1. The highest BCUT2D eigenvalue weighted by atomic mass is 16.6. The summed E-state index contributed by atoms with van der Waals surface area (Å²) in [5.41, 5.74) is 4.41. The molecule has 2 aromatic carbocycles. The molecule has 154 valence electrons. The number of carbonyl (C=O) groups excluding carboxylic acids is 1. The zero-order valence-corrected chi connectivity index (χ0v) is 17.3. The first-order valence-corrected chi connectivity index (χ1v) is 9.69. The Labute approximate surface area is 171 Å². The molecular formula is C22H28N4O3. The van der Waals surface area contributed by atoms with Gasteiger partial charge in [0.1, 0.15) is 0 Å². The lowest BCUT2D eigenvalue weighted by Gasteiger charge is -2.29. The van der Waals surface area contributed by atoms with Gasteiger partial charge in [0.15, 0.2) is 0 Å². The van der Waals surface area contributed by atoms with Crippen molar-refractivity contribution in [2.45, 2.75) is 27.7 Å². The summed E-state index contributed by atoms with van der Waals surface area (Å²) in [5, 5.41) is 15.3. The van der Waals surface area contributed by atoms with Gasteiger partial charge in [0.25, 0.3) is 11.6 Å². The third-order valence-corrected chi connectivity index (χ3v) is 4.14. The van der Waals surface area contributed by atoms with Gasteiger partial charge < -0.3 is 4.90 Å². The molecule has 0 bridgehead atoms. The Hall–Kier alpha value is -3.22. The van der Waals surface area contributed by atoms with Gasteiger partial charge in [-0.25, -0.2) is 5.43 Å². The number of nitro benzene ring substituents is 1. The van der Waals surface area contributed by atoms with E-state index in [1.807, 2.05) is 6.07 Å². The predicted octanol–water partition coefficient (Wildman–Crippen LogP) is 4.48. The van der Waals surface area contributed by atoms with Crippen LogP contribution in [-0.4, -0.2) is 30.1 Å². The average Bonchev–Trinajstić information content (AvgIpc) is 2.67. The molecule has 0 aliphatic rings. The molecular weight excluding hydrogens is 368 g/mol. The van der Waals surface area contributed by atoms with E-state index in [2.05, 4.69) is 43.1 Å². The van der Waals surface area contributed by atoms with Crippen LogP contribution in [0.4, 0.5) is 11.4 Å². The number of amides is 1. The van der Waals surface area contributed by atoms with Crippen LogP contribution in [0.5, 0.6) is 0 Å². The lowest BCUT2D eigenvalue weighted by Crippen LogP contribution is -2.32. The quantitative estimate of drug-likeness (QED) is 0.385. The Morgan fingerprint density at radius 3 is 2.28 bits per heavy atom. The van der Waals surface area contributed by atoms with Crippen molar-refractivity contribution in [3.05, 3.63) is 69.8 Å². The number of anilines is 1. The van der Waals surface area contributed by atoms with Crippen molar-refractivity contribution in [3.63, 3.8) is 0 Å². The Bertz CT molecular complexity index is 854. The van der Waals surface area contributed by atoms with Crippen molar-refractivity contribution in [1.82, 2.24) is 5.43 Å². The van der Waals surface area contributed by atoms with Gasteiger partial charge in [-0.1, -0.05) is 45.9 Å². The third-order valence-electron chi connectivity index (χ3n) is 4.14. The van der Waals surface area contributed by atoms with Crippen molar-refractivity contribution in [2.24, 2.45) is 16.9 Å². The van der Waals surface area contributed by atoms with Crippen molar-refractivity contribution in [2.75, 3.05) is 18.0 Å². The van der Waals surface area contributed by atoms with Gasteiger partial charge >= 0.3 is 0 Å². The number of hydrogen-bond acceptors (Lipinski definition) is 5. The molecule has 0 radical (unpaired) electrons. The third kappa shape index (κ3) is 6.71. The van der Waals surface area contributed by atoms with Crippen molar-refractivity contribution >= 4 is 23.5 Å². The number of non-ortho nitro benzene ring substituents is 1. The number of carbonyl (C=O) groups is 1. The van der Waals surface area contributed by atoms with Gasteiger partial charge in [0, 0.05) is 42.0 Å². The lowest BCUT2D eigenvalue weighted by atomic mass is 10.1. The van der Waals surface area contributed by atoms with Gasteiger partial charge in [-0.15, -0.1) is 0 Å². The van der Waals surface area contributed by atoms with E-state index in [-0.39, 0.29) is 11.6 Å². The molecule has 0 aromatic heterocycles. The van der Waals surface area contributed by atoms with Crippen LogP contribution in [0, 0.1) is 22.0 Å². The van der Waals surface area contributed by atoms with Crippen molar-refractivity contribution in [1.29, 1.82) is 0 Å². The summed E-state index contributed by atoms with van der Waals surface area (Å²) >= 11 is 0. The smallest absolute Gasteiger partial charge is 0.271 e. The number of hydrazone groups is 1. The second-order valence-corrected chi connectivity index (χ2v) is 7.76. The van der Waals surface area contributed by atoms with Crippen molar-refractivity contribution < 1.29 is 9.72 Å². The molecule has 0 spiro atoms. The SMILES string of the molecule is CC(C)CN(CC(C)C)c1ccc([N+](=O)[O-])cc1C=NNC(=O)c1ccccc1. The first-order chi connectivity index (χ1) is 13.8. The number of benzene rings is 2. The fraction of sp³-hybridized carbons (Fsp3) is 0.364. The van der Waals surface area contributed by atoms with Gasteiger partial charge in [0.05, 0.1) is 11.1 Å². The van der Waals surface area contributed by atoms with Crippen LogP contribution in [0.1, 0.15) is 43.6 Å². The Kier molecular flexibility index (Phi) is 7.88. The van der Waals surface area contributed by atoms with E-state index in [4.69, 9.17) is 0 Å². The van der Waals surface area contributed by atoms with E-state index in [0.717, 1.165) is 18.8 Å². The number of hydrogen-bond donors (Lipinski definition) is 1. The second kappa shape index (κ2) is 10.4. The van der Waals surface area contributed by atoms with E-state index in [0.29, 0.717) is 23.0 Å². The fourth-order valence-corrected chi connectivity index (χ4v) is 3.01. The topological polar surface area (TPSA) is 87.8 Å². The molecule has 1 amide bonds. The largest absolute Gasteiger partial charge is 0.370 e. The summed E-state index contributed by atoms with van der Waals surface area (Å²) in [6.07, 6.45) is 1.47. The summed E-state index contributed by atoms with van der Waals surface area (Å²) in [5.74, 6) is 0.507. The maximum absolute atomic E-state index is 12.2. The average molecular weight is 396 g/mol. The zero-order chi connectivity index (χ0) is 21.4. The molecule has 0 aliphatic heterocycles. The van der Waals surface area contributed by atoms with E-state index < -0.39 is 4.92 Å². The van der Waals surface area contributed by atoms with E-state index >= 15 is 0 Å². The van der Waals surface area contributed by atoms with Crippen LogP contribution < -0.4 is 10.3 Å². The van der Waals surface area contributed by atoms with Crippen LogP contribution >= 0.6 is 0 Å². The van der Waals surface area contributed by atoms with Crippen LogP contribution in [0.25, 0.3) is 0 Å². The summed E-state index contributed by atoms with van der Waals surface area (Å²) in [6.45, 7) is 10.2. The second-order valence-electron chi connectivity index (χ2n) is 7.76. The Morgan fingerprint density at radius 1 is 1.10 bits per heavy atom.